The summed E-state index contributed by atoms with van der Waals surface area (Å²) in [5, 5.41) is 21.4. The number of aliphatic hydroxyl groups excluding tert-OH is 2. The van der Waals surface area contributed by atoms with E-state index in [2.05, 4.69) is 5.32 Å². The Morgan fingerprint density at radius 1 is 1.29 bits per heavy atom. The maximum absolute atomic E-state index is 13.3. The first-order valence-corrected chi connectivity index (χ1v) is 5.49. The van der Waals surface area contributed by atoms with E-state index in [1.807, 2.05) is 6.92 Å². The first-order chi connectivity index (χ1) is 8.04. The fourth-order valence-electron chi connectivity index (χ4n) is 1.41. The summed E-state index contributed by atoms with van der Waals surface area (Å²) in [7, 11) is 0. The Labute approximate surface area is 99.1 Å². The summed E-state index contributed by atoms with van der Waals surface area (Å²) in [6.45, 7) is 2.58. The van der Waals surface area contributed by atoms with Gasteiger partial charge in [0.2, 0.25) is 0 Å². The normalized spacial score (nSPS) is 14.6. The molecule has 0 radical (unpaired) electrons. The SMILES string of the molecule is CC(CO)CNCC(O)c1ccc(F)cc1F. The Hall–Kier alpha value is -1.04. The molecule has 0 aliphatic heterocycles. The van der Waals surface area contributed by atoms with Gasteiger partial charge in [-0.05, 0) is 18.5 Å². The second kappa shape index (κ2) is 6.64. The van der Waals surface area contributed by atoms with E-state index < -0.39 is 17.7 Å². The quantitative estimate of drug-likeness (QED) is 0.706. The van der Waals surface area contributed by atoms with Crippen LogP contribution in [0.1, 0.15) is 18.6 Å². The predicted octanol–water partition coefficient (Wildman–Crippen LogP) is 1.22. The molecule has 1 aromatic rings. The van der Waals surface area contributed by atoms with Gasteiger partial charge in [0.1, 0.15) is 11.6 Å². The van der Waals surface area contributed by atoms with E-state index in [9.17, 15) is 13.9 Å². The van der Waals surface area contributed by atoms with Crippen LogP contribution in [-0.4, -0.2) is 29.9 Å². The minimum atomic E-state index is -1.03. The fourth-order valence-corrected chi connectivity index (χ4v) is 1.41. The highest BCUT2D eigenvalue weighted by molar-refractivity contribution is 5.21. The highest BCUT2D eigenvalue weighted by atomic mass is 19.1. The number of benzene rings is 1. The highest BCUT2D eigenvalue weighted by Gasteiger charge is 2.13. The molecule has 17 heavy (non-hydrogen) atoms. The lowest BCUT2D eigenvalue weighted by Gasteiger charge is -2.15. The molecule has 1 aromatic carbocycles. The molecule has 0 aromatic heterocycles. The van der Waals surface area contributed by atoms with E-state index in [0.29, 0.717) is 6.54 Å². The van der Waals surface area contributed by atoms with Gasteiger partial charge in [0.15, 0.2) is 0 Å². The Morgan fingerprint density at radius 3 is 2.59 bits per heavy atom. The van der Waals surface area contributed by atoms with Gasteiger partial charge in [0, 0.05) is 24.8 Å². The lowest BCUT2D eigenvalue weighted by molar-refractivity contribution is 0.163. The number of nitrogens with one attached hydrogen (secondary N) is 1. The lowest BCUT2D eigenvalue weighted by atomic mass is 10.1. The molecule has 3 nitrogen and oxygen atoms in total. The molecule has 2 atom stereocenters. The summed E-state index contributed by atoms with van der Waals surface area (Å²) in [5.74, 6) is -1.35. The van der Waals surface area contributed by atoms with Crippen LogP contribution in [-0.2, 0) is 0 Å². The van der Waals surface area contributed by atoms with Gasteiger partial charge in [-0.2, -0.15) is 0 Å². The average molecular weight is 245 g/mol. The highest BCUT2D eigenvalue weighted by Crippen LogP contribution is 2.17. The molecule has 96 valence electrons. The number of aliphatic hydroxyl groups is 2. The third kappa shape index (κ3) is 4.38. The second-order valence-corrected chi connectivity index (χ2v) is 4.13. The molecule has 0 spiro atoms. The van der Waals surface area contributed by atoms with Crippen LogP contribution in [0.3, 0.4) is 0 Å². The van der Waals surface area contributed by atoms with Crippen LogP contribution in [0.5, 0.6) is 0 Å². The molecule has 0 aliphatic carbocycles. The van der Waals surface area contributed by atoms with Crippen LogP contribution >= 0.6 is 0 Å². The number of hydrogen-bond donors (Lipinski definition) is 3. The summed E-state index contributed by atoms with van der Waals surface area (Å²) in [6.07, 6.45) is -1.03. The van der Waals surface area contributed by atoms with Gasteiger partial charge < -0.3 is 15.5 Å². The van der Waals surface area contributed by atoms with Crippen molar-refractivity contribution in [3.8, 4) is 0 Å². The Balaban J connectivity index is 2.49. The number of halogens is 2. The van der Waals surface area contributed by atoms with Crippen molar-refractivity contribution in [3.63, 3.8) is 0 Å². The van der Waals surface area contributed by atoms with Gasteiger partial charge in [-0.15, -0.1) is 0 Å². The first kappa shape index (κ1) is 14.0. The maximum atomic E-state index is 13.3. The predicted molar refractivity (Wildman–Crippen MR) is 60.4 cm³/mol. The van der Waals surface area contributed by atoms with Crippen molar-refractivity contribution < 1.29 is 19.0 Å². The summed E-state index contributed by atoms with van der Waals surface area (Å²) in [6, 6.07) is 3.08. The summed E-state index contributed by atoms with van der Waals surface area (Å²) in [4.78, 5) is 0. The van der Waals surface area contributed by atoms with Crippen molar-refractivity contribution in [2.45, 2.75) is 13.0 Å². The van der Waals surface area contributed by atoms with Crippen molar-refractivity contribution in [2.24, 2.45) is 5.92 Å². The smallest absolute Gasteiger partial charge is 0.131 e. The molecule has 0 bridgehead atoms. The molecule has 1 rings (SSSR count). The molecule has 0 aliphatic rings. The zero-order valence-corrected chi connectivity index (χ0v) is 9.66. The topological polar surface area (TPSA) is 52.5 Å². The van der Waals surface area contributed by atoms with Crippen molar-refractivity contribution in [1.29, 1.82) is 0 Å². The second-order valence-electron chi connectivity index (χ2n) is 4.13. The number of rotatable bonds is 6. The third-order valence-electron chi connectivity index (χ3n) is 2.46. The van der Waals surface area contributed by atoms with Gasteiger partial charge >= 0.3 is 0 Å². The molecule has 5 heteroatoms. The zero-order valence-electron chi connectivity index (χ0n) is 9.66. The zero-order chi connectivity index (χ0) is 12.8. The molecule has 0 heterocycles. The van der Waals surface area contributed by atoms with Crippen molar-refractivity contribution >= 4 is 0 Å². The van der Waals surface area contributed by atoms with E-state index in [1.165, 1.54) is 6.07 Å². The largest absolute Gasteiger partial charge is 0.396 e. The van der Waals surface area contributed by atoms with E-state index in [0.717, 1.165) is 12.1 Å². The van der Waals surface area contributed by atoms with Gasteiger partial charge in [-0.3, -0.25) is 0 Å². The third-order valence-corrected chi connectivity index (χ3v) is 2.46. The van der Waals surface area contributed by atoms with Gasteiger partial charge in [0.05, 0.1) is 6.10 Å². The van der Waals surface area contributed by atoms with E-state index in [1.54, 1.807) is 0 Å². The van der Waals surface area contributed by atoms with Gasteiger partial charge in [0.25, 0.3) is 0 Å². The molecule has 3 N–H and O–H groups in total. The van der Waals surface area contributed by atoms with Crippen LogP contribution in [0.15, 0.2) is 18.2 Å². The van der Waals surface area contributed by atoms with Crippen LogP contribution in [0.2, 0.25) is 0 Å². The van der Waals surface area contributed by atoms with E-state index >= 15 is 0 Å². The Morgan fingerprint density at radius 2 is 2.00 bits per heavy atom. The summed E-state index contributed by atoms with van der Waals surface area (Å²) >= 11 is 0. The molecule has 0 amide bonds. The minimum absolute atomic E-state index is 0.0496. The standard InChI is InChI=1S/C12H17F2NO2/c1-8(7-16)5-15-6-12(17)10-3-2-9(13)4-11(10)14/h2-4,8,12,15-17H,5-7H2,1H3. The maximum Gasteiger partial charge on any atom is 0.131 e. The average Bonchev–Trinajstić information content (AvgIpc) is 2.28. The monoisotopic (exact) mass is 245 g/mol. The van der Waals surface area contributed by atoms with E-state index in [4.69, 9.17) is 5.11 Å². The Bertz CT molecular complexity index is 360. The van der Waals surface area contributed by atoms with Crippen LogP contribution in [0.4, 0.5) is 8.78 Å². The molecule has 0 saturated heterocycles. The van der Waals surface area contributed by atoms with Crippen LogP contribution in [0.25, 0.3) is 0 Å². The van der Waals surface area contributed by atoms with Crippen LogP contribution in [0, 0.1) is 17.6 Å². The van der Waals surface area contributed by atoms with Crippen molar-refractivity contribution in [2.75, 3.05) is 19.7 Å². The molecular formula is C12H17F2NO2. The van der Waals surface area contributed by atoms with E-state index in [-0.39, 0.29) is 24.6 Å². The first-order valence-electron chi connectivity index (χ1n) is 5.49. The molecule has 2 unspecified atom stereocenters. The number of hydrogen-bond acceptors (Lipinski definition) is 3. The Kier molecular flexibility index (Phi) is 5.47. The minimum Gasteiger partial charge on any atom is -0.396 e. The van der Waals surface area contributed by atoms with Crippen LogP contribution < -0.4 is 5.32 Å². The summed E-state index contributed by atoms with van der Waals surface area (Å²) < 4.78 is 25.9. The fraction of sp³-hybridized carbons (Fsp3) is 0.500. The van der Waals surface area contributed by atoms with Crippen molar-refractivity contribution in [1.82, 2.24) is 5.32 Å². The van der Waals surface area contributed by atoms with Crippen molar-refractivity contribution in [3.05, 3.63) is 35.4 Å². The molecule has 0 saturated carbocycles. The molecule has 0 fully saturated rings. The summed E-state index contributed by atoms with van der Waals surface area (Å²) in [5.41, 5.74) is 0.0653. The van der Waals surface area contributed by atoms with Gasteiger partial charge in [-0.1, -0.05) is 13.0 Å². The lowest BCUT2D eigenvalue weighted by Crippen LogP contribution is -2.28. The van der Waals surface area contributed by atoms with Gasteiger partial charge in [-0.25, -0.2) is 8.78 Å². The molecular weight excluding hydrogens is 228 g/mol.